The molecule has 0 aromatic rings. The van der Waals surface area contributed by atoms with E-state index < -0.39 is 22.0 Å². The lowest BCUT2D eigenvalue weighted by Crippen LogP contribution is -2.50. The Bertz CT molecular complexity index is 533. The van der Waals surface area contributed by atoms with E-state index >= 15 is 0 Å². The molecule has 1 N–H and O–H groups in total. The molecule has 0 spiro atoms. The molecule has 0 aliphatic carbocycles. The van der Waals surface area contributed by atoms with E-state index in [0.717, 1.165) is 19.1 Å². The highest BCUT2D eigenvalue weighted by Gasteiger charge is 2.39. The lowest BCUT2D eigenvalue weighted by Gasteiger charge is -2.35. The van der Waals surface area contributed by atoms with Crippen LogP contribution in [0.15, 0.2) is 0 Å². The maximum absolute atomic E-state index is 12.6. The van der Waals surface area contributed by atoms with Crippen LogP contribution in [-0.4, -0.2) is 66.5 Å². The zero-order valence-electron chi connectivity index (χ0n) is 12.9. The predicted octanol–water partition coefficient (Wildman–Crippen LogP) is 0.514. The van der Waals surface area contributed by atoms with Crippen molar-refractivity contribution < 1.29 is 23.1 Å². The Balaban J connectivity index is 1.98. The Labute approximate surface area is 131 Å². The number of carbonyl (C=O) groups excluding carboxylic acids is 1. The molecule has 2 atom stereocenters. The van der Waals surface area contributed by atoms with E-state index in [-0.39, 0.29) is 18.2 Å². The van der Waals surface area contributed by atoms with Crippen LogP contribution in [0.25, 0.3) is 0 Å². The van der Waals surface area contributed by atoms with Crippen LogP contribution in [0.5, 0.6) is 0 Å². The molecule has 0 radical (unpaired) electrons. The van der Waals surface area contributed by atoms with Crippen molar-refractivity contribution in [3.63, 3.8) is 0 Å². The maximum atomic E-state index is 12.6. The van der Waals surface area contributed by atoms with Crippen molar-refractivity contribution in [2.75, 3.05) is 25.9 Å². The van der Waals surface area contributed by atoms with Crippen LogP contribution in [-0.2, 0) is 19.6 Å². The molecule has 0 aromatic carbocycles. The molecule has 8 heteroatoms. The quantitative estimate of drug-likeness (QED) is 0.792. The number of hydrogen-bond acceptors (Lipinski definition) is 4. The lowest BCUT2D eigenvalue weighted by atomic mass is 9.93. The summed E-state index contributed by atoms with van der Waals surface area (Å²) in [6, 6.07) is -0.576. The van der Waals surface area contributed by atoms with Crippen LogP contribution in [0.2, 0.25) is 0 Å². The van der Waals surface area contributed by atoms with E-state index in [2.05, 4.69) is 0 Å². The number of amides is 1. The number of hydrogen-bond donors (Lipinski definition) is 1. The Morgan fingerprint density at radius 2 is 1.86 bits per heavy atom. The summed E-state index contributed by atoms with van der Waals surface area (Å²) in [7, 11) is -3.36. The van der Waals surface area contributed by atoms with Gasteiger partial charge in [0.2, 0.25) is 15.9 Å². The Morgan fingerprint density at radius 1 is 1.18 bits per heavy atom. The van der Waals surface area contributed by atoms with Crippen molar-refractivity contribution >= 4 is 21.9 Å². The second kappa shape index (κ2) is 6.95. The van der Waals surface area contributed by atoms with Gasteiger partial charge in [0.1, 0.15) is 6.04 Å². The molecular formula is C14H24N2O5S. The molecule has 1 amide bonds. The minimum Gasteiger partial charge on any atom is -0.481 e. The third-order valence-electron chi connectivity index (χ3n) is 4.51. The number of carboxylic acids is 1. The van der Waals surface area contributed by atoms with Gasteiger partial charge in [0, 0.05) is 26.1 Å². The Morgan fingerprint density at radius 3 is 2.50 bits per heavy atom. The van der Waals surface area contributed by atoms with E-state index in [1.165, 1.54) is 4.31 Å². The number of carboxylic acid groups (broad SMARTS) is 1. The number of likely N-dealkylation sites (tertiary alicyclic amines) is 1. The van der Waals surface area contributed by atoms with Crippen molar-refractivity contribution in [1.82, 2.24) is 9.21 Å². The van der Waals surface area contributed by atoms with Gasteiger partial charge in [-0.15, -0.1) is 0 Å². The van der Waals surface area contributed by atoms with Gasteiger partial charge in [-0.05, 0) is 38.0 Å². The average molecular weight is 332 g/mol. The second-order valence-corrected chi connectivity index (χ2v) is 8.19. The van der Waals surface area contributed by atoms with Crippen LogP contribution < -0.4 is 0 Å². The largest absolute Gasteiger partial charge is 0.481 e. The van der Waals surface area contributed by atoms with Gasteiger partial charge in [0.15, 0.2) is 0 Å². The van der Waals surface area contributed by atoms with Crippen molar-refractivity contribution in [1.29, 1.82) is 0 Å². The number of nitrogens with zero attached hydrogens (tertiary/aromatic N) is 2. The Hall–Kier alpha value is -1.15. The normalized spacial score (nSPS) is 27.0. The van der Waals surface area contributed by atoms with Gasteiger partial charge < -0.3 is 10.0 Å². The number of sulfonamides is 1. The second-order valence-electron chi connectivity index (χ2n) is 6.26. The summed E-state index contributed by atoms with van der Waals surface area (Å²) in [5, 5.41) is 8.76. The molecule has 2 fully saturated rings. The summed E-state index contributed by atoms with van der Waals surface area (Å²) in [6.45, 7) is 1.59. The minimum absolute atomic E-state index is 0.117. The van der Waals surface area contributed by atoms with E-state index in [9.17, 15) is 18.0 Å². The van der Waals surface area contributed by atoms with Crippen molar-refractivity contribution in [3.8, 4) is 0 Å². The van der Waals surface area contributed by atoms with Gasteiger partial charge in [0.25, 0.3) is 0 Å². The molecular weight excluding hydrogens is 308 g/mol. The minimum atomic E-state index is -3.36. The highest BCUT2D eigenvalue weighted by molar-refractivity contribution is 7.88. The molecule has 2 aliphatic heterocycles. The first-order valence-corrected chi connectivity index (χ1v) is 9.61. The molecule has 7 nitrogen and oxygen atoms in total. The molecule has 2 aliphatic rings. The van der Waals surface area contributed by atoms with E-state index in [1.807, 2.05) is 0 Å². The molecule has 2 saturated heterocycles. The third-order valence-corrected chi connectivity index (χ3v) is 5.80. The monoisotopic (exact) mass is 332 g/mol. The number of aliphatic carboxylic acids is 1. The summed E-state index contributed by atoms with van der Waals surface area (Å²) in [6.07, 6.45) is 4.89. The van der Waals surface area contributed by atoms with Crippen molar-refractivity contribution in [2.24, 2.45) is 5.92 Å². The highest BCUT2D eigenvalue weighted by atomic mass is 32.2. The summed E-state index contributed by atoms with van der Waals surface area (Å²) in [5.41, 5.74) is 0. The first-order valence-electron chi connectivity index (χ1n) is 7.76. The zero-order chi connectivity index (χ0) is 16.3. The summed E-state index contributed by atoms with van der Waals surface area (Å²) < 4.78 is 24.8. The van der Waals surface area contributed by atoms with Crippen LogP contribution in [0, 0.1) is 5.92 Å². The van der Waals surface area contributed by atoms with Crippen molar-refractivity contribution in [3.05, 3.63) is 0 Å². The summed E-state index contributed by atoms with van der Waals surface area (Å²) in [5.74, 6) is -0.743. The van der Waals surface area contributed by atoms with E-state index in [1.54, 1.807) is 4.90 Å². The van der Waals surface area contributed by atoms with Gasteiger partial charge in [-0.25, -0.2) is 8.42 Å². The summed E-state index contributed by atoms with van der Waals surface area (Å²) >= 11 is 0. The number of piperidine rings is 1. The van der Waals surface area contributed by atoms with Crippen LogP contribution in [0.1, 0.15) is 38.5 Å². The lowest BCUT2D eigenvalue weighted by molar-refractivity contribution is -0.137. The van der Waals surface area contributed by atoms with Crippen LogP contribution in [0.4, 0.5) is 0 Å². The fourth-order valence-corrected chi connectivity index (χ4v) is 4.54. The zero-order valence-corrected chi connectivity index (χ0v) is 13.7. The van der Waals surface area contributed by atoms with Crippen LogP contribution >= 0.6 is 0 Å². The van der Waals surface area contributed by atoms with Gasteiger partial charge in [-0.3, -0.25) is 9.59 Å². The van der Waals surface area contributed by atoms with Gasteiger partial charge in [-0.1, -0.05) is 0 Å². The maximum Gasteiger partial charge on any atom is 0.303 e. The number of carbonyl (C=O) groups is 2. The average Bonchev–Trinajstić information content (AvgIpc) is 2.94. The molecule has 0 aromatic heterocycles. The Kier molecular flexibility index (Phi) is 5.44. The smallest absolute Gasteiger partial charge is 0.303 e. The number of rotatable bonds is 5. The third kappa shape index (κ3) is 4.19. The molecule has 2 rings (SSSR count). The molecule has 0 saturated carbocycles. The van der Waals surface area contributed by atoms with Crippen LogP contribution in [0.3, 0.4) is 0 Å². The first-order chi connectivity index (χ1) is 10.3. The fraction of sp³-hybridized carbons (Fsp3) is 0.857. The first kappa shape index (κ1) is 17.2. The van der Waals surface area contributed by atoms with E-state index in [4.69, 9.17) is 5.11 Å². The van der Waals surface area contributed by atoms with Gasteiger partial charge >= 0.3 is 5.97 Å². The molecule has 2 heterocycles. The topological polar surface area (TPSA) is 95.0 Å². The fourth-order valence-electron chi connectivity index (χ4n) is 3.42. The molecule has 0 bridgehead atoms. The summed E-state index contributed by atoms with van der Waals surface area (Å²) in [4.78, 5) is 25.0. The van der Waals surface area contributed by atoms with Crippen molar-refractivity contribution in [2.45, 2.75) is 44.6 Å². The SMILES string of the molecule is CS(=O)(=O)N1CCCC1C(=O)N1CCCC(CCC(=O)O)C1. The predicted molar refractivity (Wildman–Crippen MR) is 80.7 cm³/mol. The van der Waals surface area contributed by atoms with Gasteiger partial charge in [0.05, 0.1) is 6.26 Å². The van der Waals surface area contributed by atoms with E-state index in [0.29, 0.717) is 38.9 Å². The van der Waals surface area contributed by atoms with Gasteiger partial charge in [-0.2, -0.15) is 4.31 Å². The highest BCUT2D eigenvalue weighted by Crippen LogP contribution is 2.26. The standard InChI is InChI=1S/C14H24N2O5S/c1-22(20,21)16-9-3-5-12(16)14(19)15-8-2-4-11(10-15)6-7-13(17)18/h11-12H,2-10H2,1H3,(H,17,18). The molecule has 2 unspecified atom stereocenters. The molecule has 126 valence electrons. The molecule has 22 heavy (non-hydrogen) atoms.